The third kappa shape index (κ3) is 4.47. The van der Waals surface area contributed by atoms with Gasteiger partial charge in [-0.25, -0.2) is 4.98 Å². The number of nitrogens with zero attached hydrogens (tertiary/aromatic N) is 3. The summed E-state index contributed by atoms with van der Waals surface area (Å²) in [5, 5.41) is 6.50. The number of thiazole rings is 1. The van der Waals surface area contributed by atoms with Gasteiger partial charge in [0.2, 0.25) is 5.91 Å². The van der Waals surface area contributed by atoms with Gasteiger partial charge in [0, 0.05) is 43.5 Å². The van der Waals surface area contributed by atoms with Crippen molar-refractivity contribution in [2.24, 2.45) is 0 Å². The molecule has 1 N–H and O–H groups in total. The molecule has 29 heavy (non-hydrogen) atoms. The van der Waals surface area contributed by atoms with E-state index in [1.165, 1.54) is 5.56 Å². The summed E-state index contributed by atoms with van der Waals surface area (Å²) in [6.45, 7) is 8.15. The predicted molar refractivity (Wildman–Crippen MR) is 117 cm³/mol. The average Bonchev–Trinajstić information content (AvgIpc) is 3.24. The van der Waals surface area contributed by atoms with Crippen LogP contribution in [0.1, 0.15) is 31.0 Å². The van der Waals surface area contributed by atoms with Gasteiger partial charge in [-0.2, -0.15) is 0 Å². The van der Waals surface area contributed by atoms with Gasteiger partial charge in [-0.3, -0.25) is 9.69 Å². The molecule has 2 fully saturated rings. The molecular formula is C22H30N4O2S. The summed E-state index contributed by atoms with van der Waals surface area (Å²) >= 11 is 1.67. The number of nitrogens with one attached hydrogen (secondary N) is 1. The molecule has 0 spiro atoms. The van der Waals surface area contributed by atoms with Crippen molar-refractivity contribution in [2.75, 3.05) is 57.8 Å². The zero-order valence-corrected chi connectivity index (χ0v) is 17.9. The molecule has 7 heteroatoms. The molecule has 0 saturated carbocycles. The monoisotopic (exact) mass is 414 g/mol. The van der Waals surface area contributed by atoms with Gasteiger partial charge >= 0.3 is 0 Å². The Kier molecular flexibility index (Phi) is 6.47. The van der Waals surface area contributed by atoms with Gasteiger partial charge in [0.25, 0.3) is 0 Å². The number of hydrogen-bond donors (Lipinski definition) is 1. The number of ether oxygens (including phenoxy) is 1. The van der Waals surface area contributed by atoms with Crippen molar-refractivity contribution in [3.05, 3.63) is 47.0 Å². The van der Waals surface area contributed by atoms with E-state index in [0.717, 1.165) is 69.6 Å². The Morgan fingerprint density at radius 1 is 1.17 bits per heavy atom. The van der Waals surface area contributed by atoms with Crippen molar-refractivity contribution < 1.29 is 9.53 Å². The van der Waals surface area contributed by atoms with Gasteiger partial charge in [0.05, 0.1) is 25.5 Å². The molecule has 1 aromatic carbocycles. The number of morpholine rings is 1. The summed E-state index contributed by atoms with van der Waals surface area (Å²) in [5.74, 6) is 0.236. The van der Waals surface area contributed by atoms with E-state index < -0.39 is 0 Å². The predicted octanol–water partition coefficient (Wildman–Crippen LogP) is 2.82. The van der Waals surface area contributed by atoms with Crippen LogP contribution in [0.2, 0.25) is 0 Å². The number of likely N-dealkylation sites (tertiary alicyclic amines) is 1. The van der Waals surface area contributed by atoms with Crippen LogP contribution in [0.15, 0.2) is 35.7 Å². The summed E-state index contributed by atoms with van der Waals surface area (Å²) in [6, 6.07) is 10.7. The molecule has 2 aromatic rings. The molecule has 2 saturated heterocycles. The number of hydrogen-bond acceptors (Lipinski definition) is 6. The number of carbonyl (C=O) groups is 1. The van der Waals surface area contributed by atoms with E-state index in [9.17, 15) is 4.79 Å². The van der Waals surface area contributed by atoms with Crippen molar-refractivity contribution in [2.45, 2.75) is 25.2 Å². The highest BCUT2D eigenvalue weighted by molar-refractivity contribution is 7.13. The Hall–Kier alpha value is -1.96. The lowest BCUT2D eigenvalue weighted by Crippen LogP contribution is -2.50. The fraction of sp³-hybridized carbons (Fsp3) is 0.545. The van der Waals surface area contributed by atoms with Crippen molar-refractivity contribution in [3.63, 3.8) is 0 Å². The molecule has 1 aromatic heterocycles. The van der Waals surface area contributed by atoms with Crippen LogP contribution >= 0.6 is 11.3 Å². The first-order chi connectivity index (χ1) is 14.2. The van der Waals surface area contributed by atoms with E-state index in [4.69, 9.17) is 9.72 Å². The lowest BCUT2D eigenvalue weighted by atomic mass is 9.70. The van der Waals surface area contributed by atoms with Gasteiger partial charge in [-0.15, -0.1) is 11.3 Å². The van der Waals surface area contributed by atoms with E-state index >= 15 is 0 Å². The highest BCUT2D eigenvalue weighted by Crippen LogP contribution is 2.42. The first-order valence-corrected chi connectivity index (χ1v) is 11.4. The second kappa shape index (κ2) is 9.24. The van der Waals surface area contributed by atoms with Crippen LogP contribution in [0.3, 0.4) is 0 Å². The third-order valence-corrected chi connectivity index (χ3v) is 6.88. The minimum atomic E-state index is -0.124. The molecule has 6 nitrogen and oxygen atoms in total. The van der Waals surface area contributed by atoms with Crippen molar-refractivity contribution in [1.82, 2.24) is 14.8 Å². The van der Waals surface area contributed by atoms with Crippen LogP contribution in [0.25, 0.3) is 0 Å². The maximum absolute atomic E-state index is 12.9. The molecular weight excluding hydrogens is 384 g/mol. The van der Waals surface area contributed by atoms with Crippen LogP contribution in [0.5, 0.6) is 0 Å². The number of amides is 1. The fourth-order valence-corrected chi connectivity index (χ4v) is 5.24. The number of rotatable bonds is 6. The zero-order valence-electron chi connectivity index (χ0n) is 17.1. The Bertz CT molecular complexity index is 796. The topological polar surface area (TPSA) is 57.7 Å². The second-order valence-corrected chi connectivity index (χ2v) is 8.64. The number of piperidine rings is 1. The number of benzene rings is 1. The quantitative estimate of drug-likeness (QED) is 0.788. The Labute approximate surface area is 176 Å². The number of carbonyl (C=O) groups excluding carboxylic acids is 1. The van der Waals surface area contributed by atoms with Gasteiger partial charge in [0.15, 0.2) is 5.13 Å². The fourth-order valence-electron chi connectivity index (χ4n) is 4.36. The number of aromatic nitrogens is 1. The Morgan fingerprint density at radius 3 is 2.59 bits per heavy atom. The van der Waals surface area contributed by atoms with Crippen molar-refractivity contribution >= 4 is 22.4 Å². The minimum Gasteiger partial charge on any atom is -0.379 e. The summed E-state index contributed by atoms with van der Waals surface area (Å²) in [4.78, 5) is 22.0. The summed E-state index contributed by atoms with van der Waals surface area (Å²) < 4.78 is 5.39. The zero-order chi connectivity index (χ0) is 20.1. The lowest BCUT2D eigenvalue weighted by molar-refractivity contribution is -0.134. The molecule has 0 aliphatic carbocycles. The molecule has 156 valence electrons. The van der Waals surface area contributed by atoms with Crippen LogP contribution < -0.4 is 5.32 Å². The third-order valence-electron chi connectivity index (χ3n) is 6.08. The highest BCUT2D eigenvalue weighted by Gasteiger charge is 2.40. The first kappa shape index (κ1) is 20.3. The molecule has 2 aliphatic heterocycles. The molecule has 0 unspecified atom stereocenters. The van der Waals surface area contributed by atoms with Crippen molar-refractivity contribution in [3.8, 4) is 0 Å². The molecule has 2 aliphatic rings. The maximum Gasteiger partial charge on any atom is 0.236 e. The van der Waals surface area contributed by atoms with Gasteiger partial charge in [0.1, 0.15) is 0 Å². The molecule has 0 atom stereocenters. The second-order valence-electron chi connectivity index (χ2n) is 7.79. The Balaban J connectivity index is 1.49. The molecule has 0 radical (unpaired) electrons. The molecule has 3 heterocycles. The van der Waals surface area contributed by atoms with Crippen LogP contribution in [-0.2, 0) is 14.9 Å². The standard InChI is InChI=1S/C22H30N4O2S/c1-2-23-21-24-19(17-29-21)22(18-6-4-3-5-7-18)8-10-26(11-9-22)20(27)16-25-12-14-28-15-13-25/h3-7,17H,2,8-16H2,1H3,(H,23,24). The smallest absolute Gasteiger partial charge is 0.236 e. The molecule has 4 rings (SSSR count). The van der Waals surface area contributed by atoms with Crippen LogP contribution in [0.4, 0.5) is 5.13 Å². The molecule has 1 amide bonds. The average molecular weight is 415 g/mol. The van der Waals surface area contributed by atoms with Crippen LogP contribution in [0, 0.1) is 0 Å². The minimum absolute atomic E-state index is 0.124. The van der Waals surface area contributed by atoms with Gasteiger partial charge in [-0.05, 0) is 25.3 Å². The van der Waals surface area contributed by atoms with Crippen LogP contribution in [-0.4, -0.2) is 73.2 Å². The number of anilines is 1. The largest absolute Gasteiger partial charge is 0.379 e. The summed E-state index contributed by atoms with van der Waals surface area (Å²) in [6.07, 6.45) is 1.81. The highest BCUT2D eigenvalue weighted by atomic mass is 32.1. The van der Waals surface area contributed by atoms with E-state index in [0.29, 0.717) is 6.54 Å². The lowest BCUT2D eigenvalue weighted by Gasteiger charge is -2.42. The first-order valence-electron chi connectivity index (χ1n) is 10.5. The van der Waals surface area contributed by atoms with E-state index in [1.807, 2.05) is 4.90 Å². The summed E-state index contributed by atoms with van der Waals surface area (Å²) in [7, 11) is 0. The van der Waals surface area contributed by atoms with E-state index in [2.05, 4.69) is 52.9 Å². The summed E-state index contributed by atoms with van der Waals surface area (Å²) in [5.41, 5.74) is 2.31. The Morgan fingerprint density at radius 2 is 1.90 bits per heavy atom. The van der Waals surface area contributed by atoms with E-state index in [-0.39, 0.29) is 11.3 Å². The normalized spacial score (nSPS) is 19.8. The van der Waals surface area contributed by atoms with Gasteiger partial charge < -0.3 is 15.0 Å². The van der Waals surface area contributed by atoms with E-state index in [1.54, 1.807) is 11.3 Å². The SMILES string of the molecule is CCNc1nc(C2(c3ccccc3)CCN(C(=O)CN3CCOCC3)CC2)cs1. The molecule has 0 bridgehead atoms. The van der Waals surface area contributed by atoms with Gasteiger partial charge in [-0.1, -0.05) is 30.3 Å². The maximum atomic E-state index is 12.9. The van der Waals surface area contributed by atoms with Crippen molar-refractivity contribution in [1.29, 1.82) is 0 Å².